The summed E-state index contributed by atoms with van der Waals surface area (Å²) in [6, 6.07) is 1.77. The molecular weight excluding hydrogens is 158 g/mol. The first kappa shape index (κ1) is 8.28. The van der Waals surface area contributed by atoms with Crippen molar-refractivity contribution in [3.63, 3.8) is 0 Å². The van der Waals surface area contributed by atoms with Crippen LogP contribution in [0.15, 0.2) is 0 Å². The second kappa shape index (κ2) is 2.73. The summed E-state index contributed by atoms with van der Waals surface area (Å²) < 4.78 is 0. The molecule has 1 heteroatoms. The molecule has 0 radical (unpaired) electrons. The van der Waals surface area contributed by atoms with E-state index >= 15 is 0 Å². The molecule has 6 atom stereocenters. The van der Waals surface area contributed by atoms with Gasteiger partial charge in [-0.15, -0.1) is 0 Å². The molecule has 0 saturated heterocycles. The van der Waals surface area contributed by atoms with Gasteiger partial charge in [0.25, 0.3) is 0 Å². The van der Waals surface area contributed by atoms with E-state index in [-0.39, 0.29) is 0 Å². The minimum Gasteiger partial charge on any atom is -0.311 e. The predicted octanol–water partition coefficient (Wildman–Crippen LogP) is 2.42. The summed E-state index contributed by atoms with van der Waals surface area (Å²) in [4.78, 5) is 0. The summed E-state index contributed by atoms with van der Waals surface area (Å²) in [5.74, 6) is 4.11. The van der Waals surface area contributed by atoms with Gasteiger partial charge in [0.05, 0.1) is 0 Å². The zero-order valence-corrected chi connectivity index (χ0v) is 8.79. The molecule has 3 aliphatic rings. The molecule has 3 aliphatic carbocycles. The van der Waals surface area contributed by atoms with Gasteiger partial charge < -0.3 is 5.32 Å². The fourth-order valence-electron chi connectivity index (χ4n) is 3.44. The van der Waals surface area contributed by atoms with Crippen LogP contribution in [-0.4, -0.2) is 12.1 Å². The van der Waals surface area contributed by atoms with Gasteiger partial charge in [-0.2, -0.15) is 0 Å². The lowest BCUT2D eigenvalue weighted by Gasteiger charge is -2.43. The Morgan fingerprint density at radius 3 is 2.31 bits per heavy atom. The van der Waals surface area contributed by atoms with Crippen molar-refractivity contribution in [1.29, 1.82) is 0 Å². The first-order chi connectivity index (χ1) is 6.25. The van der Waals surface area contributed by atoms with Crippen molar-refractivity contribution >= 4 is 0 Å². The molecule has 0 aliphatic heterocycles. The van der Waals surface area contributed by atoms with E-state index in [1.165, 1.54) is 25.7 Å². The highest BCUT2D eigenvalue weighted by Gasteiger charge is 2.49. The van der Waals surface area contributed by atoms with Gasteiger partial charge in [-0.3, -0.25) is 0 Å². The van der Waals surface area contributed by atoms with E-state index in [2.05, 4.69) is 19.2 Å². The summed E-state index contributed by atoms with van der Waals surface area (Å²) in [5.41, 5.74) is 0. The number of rotatable bonds is 2. The van der Waals surface area contributed by atoms with Gasteiger partial charge in [-0.25, -0.2) is 0 Å². The molecule has 3 saturated carbocycles. The third kappa shape index (κ3) is 1.24. The monoisotopic (exact) mass is 179 g/mol. The van der Waals surface area contributed by atoms with Crippen molar-refractivity contribution < 1.29 is 0 Å². The molecule has 13 heavy (non-hydrogen) atoms. The summed E-state index contributed by atoms with van der Waals surface area (Å²) in [7, 11) is 0. The van der Waals surface area contributed by atoms with Gasteiger partial charge in [0.1, 0.15) is 0 Å². The fraction of sp³-hybridized carbons (Fsp3) is 1.00. The fourth-order valence-corrected chi connectivity index (χ4v) is 3.44. The van der Waals surface area contributed by atoms with E-state index in [4.69, 9.17) is 0 Å². The van der Waals surface area contributed by atoms with E-state index in [0.29, 0.717) is 0 Å². The lowest BCUT2D eigenvalue weighted by atomic mass is 9.71. The molecule has 74 valence electrons. The maximum atomic E-state index is 3.89. The SMILES string of the molecule is CC1CC(NC2CCC3CC32)C1C. The van der Waals surface area contributed by atoms with E-state index in [1.54, 1.807) is 0 Å². The van der Waals surface area contributed by atoms with Gasteiger partial charge in [-0.1, -0.05) is 13.8 Å². The topological polar surface area (TPSA) is 12.0 Å². The number of hydrogen-bond donors (Lipinski definition) is 1. The number of hydrogen-bond acceptors (Lipinski definition) is 1. The summed E-state index contributed by atoms with van der Waals surface area (Å²) in [6.45, 7) is 4.79. The van der Waals surface area contributed by atoms with Crippen molar-refractivity contribution in [3.05, 3.63) is 0 Å². The van der Waals surface area contributed by atoms with E-state index in [1.807, 2.05) is 0 Å². The van der Waals surface area contributed by atoms with Gasteiger partial charge in [0.15, 0.2) is 0 Å². The van der Waals surface area contributed by atoms with Crippen LogP contribution in [0, 0.1) is 23.7 Å². The van der Waals surface area contributed by atoms with Crippen molar-refractivity contribution in [1.82, 2.24) is 5.32 Å². The molecule has 6 unspecified atom stereocenters. The van der Waals surface area contributed by atoms with Crippen LogP contribution in [0.2, 0.25) is 0 Å². The molecule has 3 rings (SSSR count). The van der Waals surface area contributed by atoms with Crippen LogP contribution in [0.4, 0.5) is 0 Å². The first-order valence-electron chi connectivity index (χ1n) is 6.01. The van der Waals surface area contributed by atoms with Crippen molar-refractivity contribution in [2.45, 2.75) is 51.6 Å². The van der Waals surface area contributed by atoms with Crippen LogP contribution in [-0.2, 0) is 0 Å². The molecule has 0 aromatic heterocycles. The Morgan fingerprint density at radius 1 is 1.00 bits per heavy atom. The van der Waals surface area contributed by atoms with Crippen LogP contribution in [0.3, 0.4) is 0 Å². The van der Waals surface area contributed by atoms with Gasteiger partial charge in [0.2, 0.25) is 0 Å². The first-order valence-corrected chi connectivity index (χ1v) is 6.01. The maximum Gasteiger partial charge on any atom is 0.0101 e. The Morgan fingerprint density at radius 2 is 1.85 bits per heavy atom. The summed E-state index contributed by atoms with van der Waals surface area (Å²) >= 11 is 0. The Kier molecular flexibility index (Phi) is 1.74. The smallest absolute Gasteiger partial charge is 0.0101 e. The molecule has 0 bridgehead atoms. The van der Waals surface area contributed by atoms with Crippen LogP contribution in [0.1, 0.15) is 39.5 Å². The number of fused-ring (bicyclic) bond motifs is 1. The van der Waals surface area contributed by atoms with E-state index in [0.717, 1.165) is 35.8 Å². The second-order valence-electron chi connectivity index (χ2n) is 5.69. The Balaban J connectivity index is 1.53. The zero-order chi connectivity index (χ0) is 9.00. The molecule has 0 amide bonds. The maximum absolute atomic E-state index is 3.89. The Bertz CT molecular complexity index is 213. The molecule has 0 heterocycles. The minimum atomic E-state index is 0.861. The average molecular weight is 179 g/mol. The highest BCUT2D eigenvalue weighted by molar-refractivity contribution is 5.03. The van der Waals surface area contributed by atoms with Crippen LogP contribution in [0.5, 0.6) is 0 Å². The lowest BCUT2D eigenvalue weighted by Crippen LogP contribution is -2.51. The Labute approximate surface area is 81.3 Å². The molecular formula is C12H21N. The molecule has 3 fully saturated rings. The molecule has 1 N–H and O–H groups in total. The van der Waals surface area contributed by atoms with Crippen molar-refractivity contribution in [3.8, 4) is 0 Å². The highest BCUT2D eigenvalue weighted by Crippen LogP contribution is 2.52. The standard InChI is InChI=1S/C12H21N/c1-7-5-12(8(7)2)13-11-4-3-9-6-10(9)11/h7-13H,3-6H2,1-2H3. The van der Waals surface area contributed by atoms with Crippen molar-refractivity contribution in [2.24, 2.45) is 23.7 Å². The van der Waals surface area contributed by atoms with E-state index in [9.17, 15) is 0 Å². The largest absolute Gasteiger partial charge is 0.311 e. The van der Waals surface area contributed by atoms with Gasteiger partial charge >= 0.3 is 0 Å². The van der Waals surface area contributed by atoms with Crippen LogP contribution < -0.4 is 5.32 Å². The molecule has 0 spiro atoms. The van der Waals surface area contributed by atoms with Gasteiger partial charge in [0, 0.05) is 12.1 Å². The third-order valence-electron chi connectivity index (χ3n) is 4.93. The zero-order valence-electron chi connectivity index (χ0n) is 8.79. The second-order valence-corrected chi connectivity index (χ2v) is 5.69. The Hall–Kier alpha value is -0.0400. The summed E-state index contributed by atoms with van der Waals surface area (Å²) in [6.07, 6.45) is 5.94. The van der Waals surface area contributed by atoms with Crippen LogP contribution >= 0.6 is 0 Å². The highest BCUT2D eigenvalue weighted by atomic mass is 15.0. The average Bonchev–Trinajstić information content (AvgIpc) is 2.82. The quantitative estimate of drug-likeness (QED) is 0.686. The van der Waals surface area contributed by atoms with Gasteiger partial charge in [-0.05, 0) is 49.4 Å². The molecule has 0 aromatic rings. The summed E-state index contributed by atoms with van der Waals surface area (Å²) in [5, 5.41) is 3.89. The molecule has 1 nitrogen and oxygen atoms in total. The van der Waals surface area contributed by atoms with E-state index < -0.39 is 0 Å². The predicted molar refractivity (Wildman–Crippen MR) is 54.5 cm³/mol. The number of nitrogens with one attached hydrogen (secondary N) is 1. The lowest BCUT2D eigenvalue weighted by molar-refractivity contribution is 0.123. The third-order valence-corrected chi connectivity index (χ3v) is 4.93. The van der Waals surface area contributed by atoms with Crippen LogP contribution in [0.25, 0.3) is 0 Å². The normalized spacial score (nSPS) is 58.6. The minimum absolute atomic E-state index is 0.861. The van der Waals surface area contributed by atoms with Crippen molar-refractivity contribution in [2.75, 3.05) is 0 Å². The molecule has 0 aromatic carbocycles.